The van der Waals surface area contributed by atoms with Gasteiger partial charge in [-0.2, -0.15) is 5.10 Å². The topological polar surface area (TPSA) is 85.8 Å². The summed E-state index contributed by atoms with van der Waals surface area (Å²) in [7, 11) is 0. The van der Waals surface area contributed by atoms with Crippen LogP contribution in [0, 0.1) is 18.8 Å². The SMILES string of the molecule is Cc1nnc(-c2cc(CC(C)C)n(-c3cccc(C(=O)NC(C)C(C)C)c3)n2)o1. The molecule has 2 heterocycles. The maximum absolute atomic E-state index is 12.7. The number of aromatic nitrogens is 4. The lowest BCUT2D eigenvalue weighted by atomic mass is 10.1. The van der Waals surface area contributed by atoms with E-state index in [1.807, 2.05) is 41.9 Å². The highest BCUT2D eigenvalue weighted by Crippen LogP contribution is 2.23. The molecule has 2 aromatic heterocycles. The van der Waals surface area contributed by atoms with Crippen molar-refractivity contribution in [2.75, 3.05) is 0 Å². The van der Waals surface area contributed by atoms with E-state index in [1.165, 1.54) is 0 Å². The molecule has 0 aliphatic heterocycles. The van der Waals surface area contributed by atoms with Gasteiger partial charge in [0.15, 0.2) is 0 Å². The van der Waals surface area contributed by atoms with Crippen molar-refractivity contribution in [1.82, 2.24) is 25.3 Å². The Hall–Kier alpha value is -2.96. The van der Waals surface area contributed by atoms with Gasteiger partial charge in [-0.15, -0.1) is 10.2 Å². The number of carbonyl (C=O) groups excluding carboxylic acids is 1. The van der Waals surface area contributed by atoms with Crippen molar-refractivity contribution in [2.45, 2.75) is 54.0 Å². The normalized spacial score (nSPS) is 12.6. The average Bonchev–Trinajstić information content (AvgIpc) is 3.27. The number of benzene rings is 1. The molecule has 1 atom stereocenters. The lowest BCUT2D eigenvalue weighted by Gasteiger charge is -2.17. The van der Waals surface area contributed by atoms with Gasteiger partial charge < -0.3 is 9.73 Å². The predicted molar refractivity (Wildman–Crippen MR) is 112 cm³/mol. The van der Waals surface area contributed by atoms with Crippen molar-refractivity contribution >= 4 is 5.91 Å². The van der Waals surface area contributed by atoms with Crippen LogP contribution < -0.4 is 5.32 Å². The van der Waals surface area contributed by atoms with Crippen molar-refractivity contribution < 1.29 is 9.21 Å². The number of rotatable bonds is 7. The van der Waals surface area contributed by atoms with Gasteiger partial charge in [0.1, 0.15) is 5.69 Å². The highest BCUT2D eigenvalue weighted by Gasteiger charge is 2.18. The van der Waals surface area contributed by atoms with Crippen molar-refractivity contribution in [2.24, 2.45) is 11.8 Å². The number of carbonyl (C=O) groups is 1. The Labute approximate surface area is 171 Å². The second kappa shape index (κ2) is 8.59. The summed E-state index contributed by atoms with van der Waals surface area (Å²) in [6, 6.07) is 9.58. The second-order valence-corrected chi connectivity index (χ2v) is 8.21. The van der Waals surface area contributed by atoms with Gasteiger partial charge in [0.25, 0.3) is 11.8 Å². The van der Waals surface area contributed by atoms with E-state index in [0.29, 0.717) is 34.9 Å². The average molecular weight is 396 g/mol. The molecule has 1 N–H and O–H groups in total. The Bertz CT molecular complexity index is 987. The zero-order valence-electron chi connectivity index (χ0n) is 17.9. The van der Waals surface area contributed by atoms with E-state index < -0.39 is 0 Å². The molecule has 1 aromatic carbocycles. The fourth-order valence-corrected chi connectivity index (χ4v) is 2.95. The van der Waals surface area contributed by atoms with Crippen molar-refractivity contribution in [3.63, 3.8) is 0 Å². The summed E-state index contributed by atoms with van der Waals surface area (Å²) in [6.07, 6.45) is 0.834. The van der Waals surface area contributed by atoms with Crippen molar-refractivity contribution in [3.05, 3.63) is 47.5 Å². The molecule has 29 heavy (non-hydrogen) atoms. The van der Waals surface area contributed by atoms with Gasteiger partial charge in [-0.25, -0.2) is 4.68 Å². The molecule has 0 saturated carbocycles. The number of nitrogens with zero attached hydrogens (tertiary/aromatic N) is 4. The number of hydrogen-bond acceptors (Lipinski definition) is 5. The Morgan fingerprint density at radius 3 is 2.52 bits per heavy atom. The van der Waals surface area contributed by atoms with Crippen LogP contribution in [0.15, 0.2) is 34.7 Å². The highest BCUT2D eigenvalue weighted by atomic mass is 16.4. The lowest BCUT2D eigenvalue weighted by Crippen LogP contribution is -2.36. The maximum atomic E-state index is 12.7. The molecule has 7 nitrogen and oxygen atoms in total. The van der Waals surface area contributed by atoms with E-state index >= 15 is 0 Å². The highest BCUT2D eigenvalue weighted by molar-refractivity contribution is 5.94. The molecule has 0 fully saturated rings. The van der Waals surface area contributed by atoms with Crippen LogP contribution in [-0.4, -0.2) is 31.9 Å². The first kappa shape index (κ1) is 20.8. The van der Waals surface area contributed by atoms with Crippen LogP contribution in [0.25, 0.3) is 17.3 Å². The van der Waals surface area contributed by atoms with Crippen LogP contribution in [-0.2, 0) is 6.42 Å². The van der Waals surface area contributed by atoms with Gasteiger partial charge in [-0.05, 0) is 49.4 Å². The summed E-state index contributed by atoms with van der Waals surface area (Å²) >= 11 is 0. The van der Waals surface area contributed by atoms with Gasteiger partial charge in [0.05, 0.1) is 5.69 Å². The van der Waals surface area contributed by atoms with Crippen LogP contribution in [0.5, 0.6) is 0 Å². The van der Waals surface area contributed by atoms with E-state index in [1.54, 1.807) is 6.92 Å². The first-order valence-corrected chi connectivity index (χ1v) is 10.0. The molecule has 0 aliphatic carbocycles. The third-order valence-corrected chi connectivity index (χ3v) is 4.86. The predicted octanol–water partition coefficient (Wildman–Crippen LogP) is 4.20. The van der Waals surface area contributed by atoms with E-state index in [4.69, 9.17) is 9.52 Å². The first-order valence-electron chi connectivity index (χ1n) is 10.0. The molecule has 0 spiro atoms. The van der Waals surface area contributed by atoms with Crippen LogP contribution in [0.4, 0.5) is 0 Å². The van der Waals surface area contributed by atoms with Gasteiger partial charge in [-0.1, -0.05) is 33.8 Å². The van der Waals surface area contributed by atoms with Crippen molar-refractivity contribution in [1.29, 1.82) is 0 Å². The smallest absolute Gasteiger partial charge is 0.268 e. The largest absolute Gasteiger partial charge is 0.420 e. The summed E-state index contributed by atoms with van der Waals surface area (Å²) in [5.74, 6) is 1.62. The summed E-state index contributed by atoms with van der Waals surface area (Å²) in [5, 5.41) is 15.7. The van der Waals surface area contributed by atoms with Crippen LogP contribution in [0.3, 0.4) is 0 Å². The zero-order valence-corrected chi connectivity index (χ0v) is 17.9. The maximum Gasteiger partial charge on any atom is 0.268 e. The minimum Gasteiger partial charge on any atom is -0.420 e. The van der Waals surface area contributed by atoms with Crippen LogP contribution in [0.2, 0.25) is 0 Å². The molecular weight excluding hydrogens is 366 g/mol. The molecule has 0 radical (unpaired) electrons. The quantitative estimate of drug-likeness (QED) is 0.648. The molecule has 0 aliphatic rings. The van der Waals surface area contributed by atoms with E-state index in [-0.39, 0.29) is 11.9 Å². The second-order valence-electron chi connectivity index (χ2n) is 8.21. The van der Waals surface area contributed by atoms with Crippen LogP contribution >= 0.6 is 0 Å². The van der Waals surface area contributed by atoms with Gasteiger partial charge in [0.2, 0.25) is 5.89 Å². The third-order valence-electron chi connectivity index (χ3n) is 4.86. The third kappa shape index (κ3) is 4.91. The van der Waals surface area contributed by atoms with Gasteiger partial charge >= 0.3 is 0 Å². The number of aryl methyl sites for hydroxylation is 1. The Morgan fingerprint density at radius 2 is 1.90 bits per heavy atom. The fraction of sp³-hybridized carbons (Fsp3) is 0.455. The molecular formula is C22H29N5O2. The van der Waals surface area contributed by atoms with Gasteiger partial charge in [0, 0.05) is 24.2 Å². The van der Waals surface area contributed by atoms with E-state index in [2.05, 4.69) is 43.2 Å². The minimum atomic E-state index is -0.0848. The van der Waals surface area contributed by atoms with E-state index in [0.717, 1.165) is 17.8 Å². The minimum absolute atomic E-state index is 0.0848. The lowest BCUT2D eigenvalue weighted by molar-refractivity contribution is 0.0930. The monoisotopic (exact) mass is 395 g/mol. The number of hydrogen-bond donors (Lipinski definition) is 1. The zero-order chi connectivity index (χ0) is 21.1. The van der Waals surface area contributed by atoms with Gasteiger partial charge in [-0.3, -0.25) is 4.79 Å². The van der Waals surface area contributed by atoms with Crippen LogP contribution in [0.1, 0.15) is 56.6 Å². The number of amides is 1. The van der Waals surface area contributed by atoms with Crippen molar-refractivity contribution in [3.8, 4) is 17.3 Å². The molecule has 154 valence electrons. The Balaban J connectivity index is 1.96. The molecule has 3 aromatic rings. The molecule has 7 heteroatoms. The number of nitrogens with one attached hydrogen (secondary N) is 1. The summed E-state index contributed by atoms with van der Waals surface area (Å²) in [4.78, 5) is 12.7. The Kier molecular flexibility index (Phi) is 6.15. The Morgan fingerprint density at radius 1 is 1.14 bits per heavy atom. The molecule has 1 unspecified atom stereocenters. The summed E-state index contributed by atoms with van der Waals surface area (Å²) < 4.78 is 7.40. The molecule has 0 saturated heterocycles. The first-order chi connectivity index (χ1) is 13.7. The molecule has 3 rings (SSSR count). The summed E-state index contributed by atoms with van der Waals surface area (Å²) in [6.45, 7) is 12.3. The standard InChI is InChI=1S/C22H29N5O2/c1-13(2)10-19-12-20(22-25-24-16(6)29-22)26-27(19)18-9-7-8-17(11-18)21(28)23-15(5)14(3)4/h7-9,11-15H,10H2,1-6H3,(H,23,28). The molecule has 0 bridgehead atoms. The summed E-state index contributed by atoms with van der Waals surface area (Å²) in [5.41, 5.74) is 3.09. The fourth-order valence-electron chi connectivity index (χ4n) is 2.95. The van der Waals surface area contributed by atoms with E-state index in [9.17, 15) is 4.79 Å². The molecule has 1 amide bonds.